The van der Waals surface area contributed by atoms with E-state index >= 15 is 0 Å². The van der Waals surface area contributed by atoms with Crippen molar-refractivity contribution in [2.45, 2.75) is 52.0 Å². The maximum Gasteiger partial charge on any atom is 0.225 e. The second-order valence-corrected chi connectivity index (χ2v) is 5.03. The van der Waals surface area contributed by atoms with E-state index in [1.165, 1.54) is 12.8 Å². The molecule has 1 fully saturated rings. The summed E-state index contributed by atoms with van der Waals surface area (Å²) in [6, 6.07) is 0.307. The molecule has 0 unspecified atom stereocenters. The number of carbonyl (C=O) groups is 1. The minimum absolute atomic E-state index is 0.294. The van der Waals surface area contributed by atoms with Crippen molar-refractivity contribution in [2.75, 3.05) is 12.4 Å². The Morgan fingerprint density at radius 2 is 2.00 bits per heavy atom. The van der Waals surface area contributed by atoms with Gasteiger partial charge >= 0.3 is 0 Å². The number of hydrogen-bond donors (Lipinski definition) is 0. The molecule has 0 atom stereocenters. The molecule has 15 heavy (non-hydrogen) atoms. The molecular weight excluding hydrogens is 210 g/mol. The van der Waals surface area contributed by atoms with Crippen molar-refractivity contribution in [2.24, 2.45) is 5.92 Å². The average Bonchev–Trinajstić information content (AvgIpc) is 2.70. The van der Waals surface area contributed by atoms with Gasteiger partial charge in [0.1, 0.15) is 0 Å². The minimum atomic E-state index is 0.294. The van der Waals surface area contributed by atoms with Crippen molar-refractivity contribution >= 4 is 17.5 Å². The predicted molar refractivity (Wildman–Crippen MR) is 64.1 cm³/mol. The predicted octanol–water partition coefficient (Wildman–Crippen LogP) is 3.04. The van der Waals surface area contributed by atoms with Crippen LogP contribution in [-0.2, 0) is 4.79 Å². The monoisotopic (exact) mass is 231 g/mol. The third kappa shape index (κ3) is 3.67. The fraction of sp³-hybridized carbons (Fsp3) is 0.917. The lowest BCUT2D eigenvalue weighted by atomic mass is 10.1. The van der Waals surface area contributed by atoms with Gasteiger partial charge in [0.2, 0.25) is 5.91 Å². The maximum atomic E-state index is 12.2. The van der Waals surface area contributed by atoms with E-state index in [9.17, 15) is 4.79 Å². The molecule has 0 N–H and O–H groups in total. The Labute approximate surface area is 98.0 Å². The van der Waals surface area contributed by atoms with Crippen molar-refractivity contribution in [1.29, 1.82) is 0 Å². The molecule has 1 aliphatic carbocycles. The molecule has 1 amide bonds. The second kappa shape index (κ2) is 6.37. The van der Waals surface area contributed by atoms with E-state index < -0.39 is 0 Å². The van der Waals surface area contributed by atoms with Crippen molar-refractivity contribution in [3.05, 3.63) is 0 Å². The highest BCUT2D eigenvalue weighted by Gasteiger charge is 2.28. The molecule has 1 rings (SSSR count). The van der Waals surface area contributed by atoms with E-state index in [-0.39, 0.29) is 0 Å². The zero-order valence-corrected chi connectivity index (χ0v) is 10.6. The minimum Gasteiger partial charge on any atom is -0.340 e. The van der Waals surface area contributed by atoms with Gasteiger partial charge in [-0.2, -0.15) is 0 Å². The summed E-state index contributed by atoms with van der Waals surface area (Å²) in [6.07, 6.45) is 5.51. The second-order valence-electron chi connectivity index (χ2n) is 4.65. The van der Waals surface area contributed by atoms with Crippen LogP contribution < -0.4 is 0 Å². The third-order valence-electron chi connectivity index (χ3n) is 3.14. The number of nitrogens with zero attached hydrogens (tertiary/aromatic N) is 1. The van der Waals surface area contributed by atoms with Crippen LogP contribution in [-0.4, -0.2) is 29.3 Å². The van der Waals surface area contributed by atoms with Crippen LogP contribution in [0.25, 0.3) is 0 Å². The first-order valence-corrected chi connectivity index (χ1v) is 6.56. The highest BCUT2D eigenvalue weighted by atomic mass is 35.5. The van der Waals surface area contributed by atoms with Gasteiger partial charge in [-0.1, -0.05) is 12.8 Å². The maximum absolute atomic E-state index is 12.2. The van der Waals surface area contributed by atoms with E-state index in [2.05, 4.69) is 13.8 Å². The lowest BCUT2D eigenvalue weighted by molar-refractivity contribution is -0.137. The number of carbonyl (C=O) groups excluding carboxylic acids is 1. The number of amides is 1. The molecule has 3 heteroatoms. The quantitative estimate of drug-likeness (QED) is 0.666. The van der Waals surface area contributed by atoms with Gasteiger partial charge in [0.25, 0.3) is 0 Å². The van der Waals surface area contributed by atoms with Gasteiger partial charge in [-0.3, -0.25) is 4.79 Å². The highest BCUT2D eigenvalue weighted by Crippen LogP contribution is 2.27. The molecule has 1 aliphatic rings. The molecule has 0 radical (unpaired) electrons. The molecule has 0 aliphatic heterocycles. The van der Waals surface area contributed by atoms with Gasteiger partial charge in [0.05, 0.1) is 0 Å². The number of hydrogen-bond acceptors (Lipinski definition) is 1. The Morgan fingerprint density at radius 3 is 2.47 bits per heavy atom. The Hall–Kier alpha value is -0.240. The molecule has 0 aromatic carbocycles. The smallest absolute Gasteiger partial charge is 0.225 e. The molecule has 0 spiro atoms. The molecule has 2 nitrogen and oxygen atoms in total. The molecule has 0 saturated heterocycles. The zero-order chi connectivity index (χ0) is 11.3. The highest BCUT2D eigenvalue weighted by molar-refractivity contribution is 6.17. The molecule has 0 bridgehead atoms. The first-order valence-electron chi connectivity index (χ1n) is 6.03. The summed E-state index contributed by atoms with van der Waals surface area (Å²) < 4.78 is 0. The van der Waals surface area contributed by atoms with E-state index in [4.69, 9.17) is 11.6 Å². The largest absolute Gasteiger partial charge is 0.340 e. The van der Waals surface area contributed by atoms with Gasteiger partial charge in [-0.05, 0) is 33.1 Å². The Bertz CT molecular complexity index is 200. The summed E-state index contributed by atoms with van der Waals surface area (Å²) >= 11 is 5.68. The third-order valence-corrected chi connectivity index (χ3v) is 3.41. The van der Waals surface area contributed by atoms with Gasteiger partial charge < -0.3 is 4.90 Å². The van der Waals surface area contributed by atoms with Crippen LogP contribution in [0.1, 0.15) is 46.0 Å². The summed E-state index contributed by atoms with van der Waals surface area (Å²) in [7, 11) is 0. The fourth-order valence-electron chi connectivity index (χ4n) is 2.26. The molecule has 88 valence electrons. The molecular formula is C12H22ClNO. The van der Waals surface area contributed by atoms with Gasteiger partial charge in [0.15, 0.2) is 0 Å². The lowest BCUT2D eigenvalue weighted by Gasteiger charge is -2.29. The average molecular weight is 232 g/mol. The van der Waals surface area contributed by atoms with Gasteiger partial charge in [-0.25, -0.2) is 0 Å². The Kier molecular flexibility index (Phi) is 5.44. The normalized spacial score (nSPS) is 17.3. The number of rotatable bonds is 5. The number of halogens is 1. The van der Waals surface area contributed by atoms with E-state index in [0.717, 1.165) is 25.8 Å². The summed E-state index contributed by atoms with van der Waals surface area (Å²) in [6.45, 7) is 4.98. The SMILES string of the molecule is CC(C)N(CCCCl)C(=O)C1CCCC1. The van der Waals surface area contributed by atoms with Crippen molar-refractivity contribution in [1.82, 2.24) is 4.90 Å². The van der Waals surface area contributed by atoms with Crippen LogP contribution in [0.2, 0.25) is 0 Å². The summed E-state index contributed by atoms with van der Waals surface area (Å²) in [5.74, 6) is 1.29. The van der Waals surface area contributed by atoms with Crippen LogP contribution in [0.4, 0.5) is 0 Å². The Balaban J connectivity index is 2.49. The lowest BCUT2D eigenvalue weighted by Crippen LogP contribution is -2.41. The van der Waals surface area contributed by atoms with Crippen LogP contribution in [0.15, 0.2) is 0 Å². The molecule has 0 aromatic heterocycles. The van der Waals surface area contributed by atoms with Crippen molar-refractivity contribution < 1.29 is 4.79 Å². The van der Waals surface area contributed by atoms with E-state index in [1.54, 1.807) is 0 Å². The summed E-state index contributed by atoms with van der Waals surface area (Å²) in [5.41, 5.74) is 0. The first-order chi connectivity index (χ1) is 7.16. The van der Waals surface area contributed by atoms with Gasteiger partial charge in [0, 0.05) is 24.4 Å². The first kappa shape index (κ1) is 12.8. The van der Waals surface area contributed by atoms with E-state index in [0.29, 0.717) is 23.7 Å². The summed E-state index contributed by atoms with van der Waals surface area (Å²) in [4.78, 5) is 14.2. The van der Waals surface area contributed by atoms with Crippen LogP contribution in [0.3, 0.4) is 0 Å². The molecule has 0 aromatic rings. The van der Waals surface area contributed by atoms with Crippen molar-refractivity contribution in [3.8, 4) is 0 Å². The Morgan fingerprint density at radius 1 is 1.40 bits per heavy atom. The van der Waals surface area contributed by atoms with Crippen LogP contribution in [0, 0.1) is 5.92 Å². The van der Waals surface area contributed by atoms with Crippen molar-refractivity contribution in [3.63, 3.8) is 0 Å². The van der Waals surface area contributed by atoms with Crippen LogP contribution in [0.5, 0.6) is 0 Å². The zero-order valence-electron chi connectivity index (χ0n) is 9.84. The summed E-state index contributed by atoms with van der Waals surface area (Å²) in [5, 5.41) is 0. The molecule has 0 heterocycles. The topological polar surface area (TPSA) is 20.3 Å². The van der Waals surface area contributed by atoms with Gasteiger partial charge in [-0.15, -0.1) is 11.6 Å². The standard InChI is InChI=1S/C12H22ClNO/c1-10(2)14(9-5-8-13)12(15)11-6-3-4-7-11/h10-11H,3-9H2,1-2H3. The number of alkyl halides is 1. The molecule has 1 saturated carbocycles. The van der Waals surface area contributed by atoms with E-state index in [1.807, 2.05) is 4.90 Å². The fourth-order valence-corrected chi connectivity index (χ4v) is 2.38. The van der Waals surface area contributed by atoms with Crippen LogP contribution >= 0.6 is 11.6 Å².